The number of ether oxygens (including phenoxy) is 1. The summed E-state index contributed by atoms with van der Waals surface area (Å²) < 4.78 is 5.80. The van der Waals surface area contributed by atoms with E-state index in [0.29, 0.717) is 0 Å². The van der Waals surface area contributed by atoms with E-state index in [-0.39, 0.29) is 5.91 Å². The van der Waals surface area contributed by atoms with E-state index in [9.17, 15) is 4.79 Å². The highest BCUT2D eigenvalue weighted by Crippen LogP contribution is 2.20. The van der Waals surface area contributed by atoms with Crippen LogP contribution >= 0.6 is 0 Å². The van der Waals surface area contributed by atoms with Crippen LogP contribution in [0.25, 0.3) is 0 Å². The summed E-state index contributed by atoms with van der Waals surface area (Å²) in [6.07, 6.45) is -0.431. The predicted molar refractivity (Wildman–Crippen MR) is 75.5 cm³/mol. The van der Waals surface area contributed by atoms with Gasteiger partial charge < -0.3 is 15.0 Å². The summed E-state index contributed by atoms with van der Waals surface area (Å²) in [5.74, 6) is 0.864. The third-order valence-electron chi connectivity index (χ3n) is 3.41. The second-order valence-electron chi connectivity index (χ2n) is 5.10. The summed E-state index contributed by atoms with van der Waals surface area (Å²) >= 11 is 0. The first-order valence-electron chi connectivity index (χ1n) is 6.81. The Kier molecular flexibility index (Phi) is 4.43. The minimum Gasteiger partial charge on any atom is -0.481 e. The molecule has 1 fully saturated rings. The van der Waals surface area contributed by atoms with Gasteiger partial charge in [0.2, 0.25) is 0 Å². The van der Waals surface area contributed by atoms with Gasteiger partial charge >= 0.3 is 0 Å². The first-order valence-corrected chi connectivity index (χ1v) is 6.81. The van der Waals surface area contributed by atoms with Crippen molar-refractivity contribution < 1.29 is 9.53 Å². The smallest absolute Gasteiger partial charge is 0.263 e. The van der Waals surface area contributed by atoms with E-state index in [0.717, 1.165) is 37.5 Å². The molecular weight excluding hydrogens is 240 g/mol. The molecule has 0 spiro atoms. The monoisotopic (exact) mass is 262 g/mol. The number of amides is 1. The summed E-state index contributed by atoms with van der Waals surface area (Å²) in [4.78, 5) is 14.1. The van der Waals surface area contributed by atoms with Gasteiger partial charge in [0.25, 0.3) is 5.91 Å². The molecule has 0 bridgehead atoms. The van der Waals surface area contributed by atoms with Crippen molar-refractivity contribution in [2.45, 2.75) is 26.9 Å². The lowest BCUT2D eigenvalue weighted by Gasteiger charge is -2.30. The molecule has 1 aliphatic rings. The lowest BCUT2D eigenvalue weighted by Crippen LogP contribution is -2.50. The first-order chi connectivity index (χ1) is 9.08. The quantitative estimate of drug-likeness (QED) is 0.897. The highest BCUT2D eigenvalue weighted by atomic mass is 16.5. The van der Waals surface area contributed by atoms with Crippen molar-refractivity contribution in [1.82, 2.24) is 10.2 Å². The van der Waals surface area contributed by atoms with Crippen LogP contribution in [0.4, 0.5) is 0 Å². The Morgan fingerprint density at radius 2 is 2.00 bits per heavy atom. The number of carbonyl (C=O) groups is 1. The SMILES string of the molecule is Cc1ccc(O[C@H](C)C(=O)N2CCNCC2)c(C)c1. The highest BCUT2D eigenvalue weighted by Gasteiger charge is 2.23. The number of aryl methyl sites for hydroxylation is 2. The van der Waals surface area contributed by atoms with Crippen molar-refractivity contribution in [3.05, 3.63) is 29.3 Å². The van der Waals surface area contributed by atoms with Crippen LogP contribution in [-0.4, -0.2) is 43.1 Å². The Morgan fingerprint density at radius 1 is 1.32 bits per heavy atom. The van der Waals surface area contributed by atoms with Crippen LogP contribution < -0.4 is 10.1 Å². The minimum absolute atomic E-state index is 0.0708. The summed E-state index contributed by atoms with van der Waals surface area (Å²) in [5, 5.41) is 3.24. The molecule has 0 radical (unpaired) electrons. The third-order valence-corrected chi connectivity index (χ3v) is 3.41. The molecule has 1 heterocycles. The Balaban J connectivity index is 1.99. The number of carbonyl (C=O) groups excluding carboxylic acids is 1. The molecule has 2 rings (SSSR count). The standard InChI is InChI=1S/C15H22N2O2/c1-11-4-5-14(12(2)10-11)19-13(3)15(18)17-8-6-16-7-9-17/h4-5,10,13,16H,6-9H2,1-3H3/t13-/m1/s1. The third kappa shape index (κ3) is 3.47. The van der Waals surface area contributed by atoms with Crippen molar-refractivity contribution in [2.24, 2.45) is 0 Å². The second-order valence-corrected chi connectivity index (χ2v) is 5.10. The van der Waals surface area contributed by atoms with E-state index in [4.69, 9.17) is 4.74 Å². The van der Waals surface area contributed by atoms with Crippen molar-refractivity contribution in [3.63, 3.8) is 0 Å². The van der Waals surface area contributed by atoms with Gasteiger partial charge in [0.15, 0.2) is 6.10 Å². The summed E-state index contributed by atoms with van der Waals surface area (Å²) in [5.41, 5.74) is 2.27. The van der Waals surface area contributed by atoms with E-state index in [1.165, 1.54) is 5.56 Å². The maximum atomic E-state index is 12.3. The van der Waals surface area contributed by atoms with E-state index < -0.39 is 6.10 Å². The maximum Gasteiger partial charge on any atom is 0.263 e. The van der Waals surface area contributed by atoms with E-state index in [1.54, 1.807) is 0 Å². The molecule has 1 aliphatic heterocycles. The zero-order valence-corrected chi connectivity index (χ0v) is 11.9. The summed E-state index contributed by atoms with van der Waals surface area (Å²) in [7, 11) is 0. The van der Waals surface area contributed by atoms with E-state index >= 15 is 0 Å². The van der Waals surface area contributed by atoms with Crippen LogP contribution in [0.3, 0.4) is 0 Å². The van der Waals surface area contributed by atoms with Crippen LogP contribution in [0.1, 0.15) is 18.1 Å². The Labute approximate surface area is 114 Å². The molecule has 1 amide bonds. The van der Waals surface area contributed by atoms with Crippen LogP contribution in [0.5, 0.6) is 5.75 Å². The van der Waals surface area contributed by atoms with Gasteiger partial charge in [-0.05, 0) is 32.4 Å². The van der Waals surface area contributed by atoms with Crippen LogP contribution in [0.15, 0.2) is 18.2 Å². The van der Waals surface area contributed by atoms with Gasteiger partial charge in [-0.3, -0.25) is 4.79 Å². The van der Waals surface area contributed by atoms with E-state index in [2.05, 4.69) is 11.4 Å². The molecule has 0 unspecified atom stereocenters. The van der Waals surface area contributed by atoms with Crippen molar-refractivity contribution in [2.75, 3.05) is 26.2 Å². The minimum atomic E-state index is -0.431. The largest absolute Gasteiger partial charge is 0.481 e. The zero-order chi connectivity index (χ0) is 13.8. The molecule has 1 aromatic carbocycles. The second kappa shape index (κ2) is 6.06. The lowest BCUT2D eigenvalue weighted by atomic mass is 10.1. The van der Waals surface area contributed by atoms with Gasteiger partial charge in [-0.15, -0.1) is 0 Å². The average Bonchev–Trinajstić information content (AvgIpc) is 2.42. The number of piperazine rings is 1. The number of hydrogen-bond donors (Lipinski definition) is 1. The Morgan fingerprint density at radius 3 is 2.63 bits per heavy atom. The fourth-order valence-electron chi connectivity index (χ4n) is 2.31. The molecule has 104 valence electrons. The number of nitrogens with zero attached hydrogens (tertiary/aromatic N) is 1. The van der Waals surface area contributed by atoms with Crippen molar-refractivity contribution >= 4 is 5.91 Å². The fraction of sp³-hybridized carbons (Fsp3) is 0.533. The topological polar surface area (TPSA) is 41.6 Å². The van der Waals surface area contributed by atoms with Gasteiger partial charge in [0, 0.05) is 26.2 Å². The van der Waals surface area contributed by atoms with Gasteiger partial charge in [-0.25, -0.2) is 0 Å². The number of hydrogen-bond acceptors (Lipinski definition) is 3. The fourth-order valence-corrected chi connectivity index (χ4v) is 2.31. The van der Waals surface area contributed by atoms with Crippen molar-refractivity contribution in [3.8, 4) is 5.75 Å². The zero-order valence-electron chi connectivity index (χ0n) is 11.9. The van der Waals surface area contributed by atoms with Crippen LogP contribution in [-0.2, 0) is 4.79 Å². The number of benzene rings is 1. The molecule has 0 aliphatic carbocycles. The number of rotatable bonds is 3. The van der Waals surface area contributed by atoms with Gasteiger partial charge in [0.1, 0.15) is 5.75 Å². The molecule has 4 heteroatoms. The van der Waals surface area contributed by atoms with Gasteiger partial charge in [-0.1, -0.05) is 17.7 Å². The first kappa shape index (κ1) is 13.9. The van der Waals surface area contributed by atoms with E-state index in [1.807, 2.05) is 37.8 Å². The lowest BCUT2D eigenvalue weighted by molar-refractivity contribution is -0.138. The highest BCUT2D eigenvalue weighted by molar-refractivity contribution is 5.81. The van der Waals surface area contributed by atoms with Crippen molar-refractivity contribution in [1.29, 1.82) is 0 Å². The molecule has 1 aromatic rings. The normalized spacial score (nSPS) is 17.1. The molecule has 1 N–H and O–H groups in total. The van der Waals surface area contributed by atoms with Gasteiger partial charge in [-0.2, -0.15) is 0 Å². The molecule has 0 aromatic heterocycles. The summed E-state index contributed by atoms with van der Waals surface area (Å²) in [6, 6.07) is 6.01. The predicted octanol–water partition coefficient (Wildman–Crippen LogP) is 1.50. The van der Waals surface area contributed by atoms with Crippen LogP contribution in [0, 0.1) is 13.8 Å². The maximum absolute atomic E-state index is 12.3. The molecule has 4 nitrogen and oxygen atoms in total. The molecule has 19 heavy (non-hydrogen) atoms. The molecular formula is C15H22N2O2. The summed E-state index contributed by atoms with van der Waals surface area (Å²) in [6.45, 7) is 9.13. The Hall–Kier alpha value is -1.55. The molecule has 1 atom stereocenters. The number of nitrogens with one attached hydrogen (secondary N) is 1. The molecule has 0 saturated carbocycles. The van der Waals surface area contributed by atoms with Crippen LogP contribution in [0.2, 0.25) is 0 Å². The molecule has 1 saturated heterocycles. The Bertz CT molecular complexity index is 453. The average molecular weight is 262 g/mol. The van der Waals surface area contributed by atoms with Gasteiger partial charge in [0.05, 0.1) is 0 Å².